The molecule has 0 aliphatic carbocycles. The molecule has 10 nitrogen and oxygen atoms in total. The minimum Gasteiger partial charge on any atom is -0.494 e. The van der Waals surface area contributed by atoms with E-state index in [1.807, 2.05) is 0 Å². The minimum absolute atomic E-state index is 0.0233. The van der Waals surface area contributed by atoms with Gasteiger partial charge in [-0.2, -0.15) is 43.9 Å². The van der Waals surface area contributed by atoms with E-state index in [-0.39, 0.29) is 91.7 Å². The lowest BCUT2D eigenvalue weighted by Crippen LogP contribution is -2.21. The second-order valence-corrected chi connectivity index (χ2v) is 16.0. The second kappa shape index (κ2) is 24.4. The third-order valence-electron chi connectivity index (χ3n) is 10.4. The summed E-state index contributed by atoms with van der Waals surface area (Å²) in [5, 5.41) is 9.80. The second-order valence-electron chi connectivity index (χ2n) is 16.0. The molecule has 1 atom stereocenters. The molecule has 0 bridgehead atoms. The lowest BCUT2D eigenvalue weighted by Gasteiger charge is -2.22. The Morgan fingerprint density at radius 1 is 0.592 bits per heavy atom. The molecule has 0 aliphatic rings. The summed E-state index contributed by atoms with van der Waals surface area (Å²) in [5.74, 6) is -3.08. The van der Waals surface area contributed by atoms with Gasteiger partial charge >= 0.3 is 36.5 Å². The zero-order valence-corrected chi connectivity index (χ0v) is 37.6. The number of esters is 1. The molecular weight excluding hydrogens is 959 g/mol. The molecule has 0 aliphatic heterocycles. The van der Waals surface area contributed by atoms with Gasteiger partial charge in [0.1, 0.15) is 23.0 Å². The van der Waals surface area contributed by atoms with Gasteiger partial charge in [-0.25, -0.2) is 9.59 Å². The first-order chi connectivity index (χ1) is 33.4. The first-order valence-corrected chi connectivity index (χ1v) is 21.8. The third-order valence-corrected chi connectivity index (χ3v) is 10.4. The van der Waals surface area contributed by atoms with Crippen LogP contribution in [0.15, 0.2) is 127 Å². The van der Waals surface area contributed by atoms with Crippen molar-refractivity contribution in [2.45, 2.75) is 75.4 Å². The molecule has 0 aromatic heterocycles. The van der Waals surface area contributed by atoms with Crippen LogP contribution in [0, 0.1) is 0 Å². The van der Waals surface area contributed by atoms with E-state index in [4.69, 9.17) is 35.2 Å². The molecule has 0 amide bonds. The van der Waals surface area contributed by atoms with Crippen molar-refractivity contribution in [1.29, 1.82) is 0 Å². The predicted molar refractivity (Wildman–Crippen MR) is 244 cm³/mol. The van der Waals surface area contributed by atoms with Crippen LogP contribution < -0.4 is 30.4 Å². The summed E-state index contributed by atoms with van der Waals surface area (Å²) in [6, 6.07) is 24.2. The summed E-state index contributed by atoms with van der Waals surface area (Å²) in [5.41, 5.74) is 13.0. The van der Waals surface area contributed by atoms with Gasteiger partial charge in [-0.05, 0) is 145 Å². The molecule has 1 unspecified atom stereocenters. The van der Waals surface area contributed by atoms with Crippen molar-refractivity contribution in [3.05, 3.63) is 155 Å². The molecule has 0 fully saturated rings. The lowest BCUT2D eigenvalue weighted by atomic mass is 9.88. The number of hydrogen-bond donors (Lipinski definition) is 3. The van der Waals surface area contributed by atoms with E-state index in [0.717, 1.165) is 36.4 Å². The average molecular weight is 1010 g/mol. The van der Waals surface area contributed by atoms with Crippen LogP contribution in [-0.2, 0) is 26.5 Å². The molecule has 20 heteroatoms. The number of unbranched alkanes of at least 4 members (excludes halogenated alkanes) is 2. The van der Waals surface area contributed by atoms with Gasteiger partial charge in [0.25, 0.3) is 0 Å². The van der Waals surface area contributed by atoms with Crippen LogP contribution in [0.4, 0.5) is 55.3 Å². The Hall–Kier alpha value is -7.38. The fraction of sp³-hybridized carbons (Fsp3) is 0.294. The number of alkyl halides is 10. The van der Waals surface area contributed by atoms with E-state index in [1.54, 1.807) is 12.1 Å². The normalized spacial score (nSPS) is 12.9. The van der Waals surface area contributed by atoms with Crippen molar-refractivity contribution in [3.8, 4) is 23.0 Å². The molecule has 5 rings (SSSR count). The first-order valence-electron chi connectivity index (χ1n) is 21.8. The van der Waals surface area contributed by atoms with E-state index in [1.165, 1.54) is 84.9 Å². The fourth-order valence-electron chi connectivity index (χ4n) is 6.82. The molecule has 0 saturated heterocycles. The van der Waals surface area contributed by atoms with Crippen LogP contribution in [0.3, 0.4) is 0 Å². The molecule has 5 N–H and O–H groups in total. The van der Waals surface area contributed by atoms with E-state index in [9.17, 15) is 49.8 Å². The van der Waals surface area contributed by atoms with Gasteiger partial charge in [0, 0.05) is 42.3 Å². The van der Waals surface area contributed by atoms with Crippen LogP contribution in [0.25, 0.3) is 11.6 Å². The van der Waals surface area contributed by atoms with Gasteiger partial charge in [0.2, 0.25) is 0 Å². The number of aliphatic carboxylic acids is 1. The molecule has 0 radical (unpaired) electrons. The average Bonchev–Trinajstić information content (AvgIpc) is 3.29. The largest absolute Gasteiger partial charge is 0.494 e. The zero-order chi connectivity index (χ0) is 51.8. The topological polar surface area (TPSA) is 153 Å². The Balaban J connectivity index is 1.18. The van der Waals surface area contributed by atoms with E-state index < -0.39 is 66.4 Å². The van der Waals surface area contributed by atoms with Gasteiger partial charge in [0.15, 0.2) is 0 Å². The summed E-state index contributed by atoms with van der Waals surface area (Å²) in [7, 11) is 0. The van der Waals surface area contributed by atoms with E-state index in [2.05, 4.69) is 0 Å². The number of rotatable bonds is 25. The maximum absolute atomic E-state index is 15.2. The van der Waals surface area contributed by atoms with Crippen molar-refractivity contribution in [2.75, 3.05) is 31.3 Å². The molecule has 0 spiro atoms. The van der Waals surface area contributed by atoms with Crippen LogP contribution in [0.5, 0.6) is 23.0 Å². The Kier molecular flexibility index (Phi) is 18.8. The van der Waals surface area contributed by atoms with Crippen molar-refractivity contribution in [2.24, 2.45) is 0 Å². The van der Waals surface area contributed by atoms with Gasteiger partial charge in [-0.15, -0.1) is 0 Å². The maximum atomic E-state index is 15.2. The van der Waals surface area contributed by atoms with Gasteiger partial charge < -0.3 is 40.3 Å². The number of halogens is 10. The summed E-state index contributed by atoms with van der Waals surface area (Å²) >= 11 is 0. The quantitative estimate of drug-likeness (QED) is 0.0169. The van der Waals surface area contributed by atoms with Crippen LogP contribution >= 0.6 is 0 Å². The maximum Gasteiger partial charge on any atom is 0.426 e. The number of carboxylic acids is 1. The lowest BCUT2D eigenvalue weighted by molar-refractivity contribution is -0.186. The van der Waals surface area contributed by atoms with E-state index in [0.29, 0.717) is 16.8 Å². The van der Waals surface area contributed by atoms with Crippen molar-refractivity contribution >= 4 is 35.0 Å². The first kappa shape index (κ1) is 54.6. The molecular formula is C51H48F10N2O8. The summed E-state index contributed by atoms with van der Waals surface area (Å²) in [6.45, 7) is -0.397. The summed E-state index contributed by atoms with van der Waals surface area (Å²) in [4.78, 5) is 25.0. The molecule has 5 aromatic carbocycles. The minimum atomic E-state index is -4.28. The number of nitrogen functional groups attached to an aromatic ring is 2. The number of benzene rings is 5. The summed E-state index contributed by atoms with van der Waals surface area (Å²) < 4.78 is 161. The standard InChI is InChI=1S/C51H48F10N2O8/c52-48(53,54)25-1-3-27-67-40-19-10-37(11-20-40)50(58,59)70-42-15-5-33(6-16-42)7-24-47(66)69-32-36(44-23-14-39(62)31-45(44)63)29-35(30-46(64)65)34-8-17-43(18-9-34)71-51(60,61)38-12-21-41(22-13-38)68-28-4-2-26-49(55,56)57/h5-24,30-31,36H,1-4,25-29,32,62-63H2,(H,64,65)/b24-7+,35-30+. The van der Waals surface area contributed by atoms with Gasteiger partial charge in [0.05, 0.1) is 30.9 Å². The monoisotopic (exact) mass is 1010 g/mol. The zero-order valence-electron chi connectivity index (χ0n) is 37.6. The number of nitrogens with two attached hydrogens (primary N) is 2. The SMILES string of the molecule is Nc1ccc(C(COC(=O)/C=C/c2ccc(OC(F)(F)c3ccc(OCCCCC(F)(F)F)cc3)cc2)C/C(=C\C(=O)O)c2ccc(OC(F)(F)c3ccc(OCCCCC(F)(F)F)cc3)cc2)c(N)c1. The highest BCUT2D eigenvalue weighted by molar-refractivity contribution is 5.90. The molecule has 0 heterocycles. The van der Waals surface area contributed by atoms with Crippen LogP contribution in [0.2, 0.25) is 0 Å². The molecule has 0 saturated carbocycles. The Morgan fingerprint density at radius 2 is 1.06 bits per heavy atom. The predicted octanol–water partition coefficient (Wildman–Crippen LogP) is 13.2. The highest BCUT2D eigenvalue weighted by Crippen LogP contribution is 2.37. The summed E-state index contributed by atoms with van der Waals surface area (Å²) in [6.07, 6.45) is -14.9. The number of carbonyl (C=O) groups excluding carboxylic acids is 1. The van der Waals surface area contributed by atoms with Crippen LogP contribution in [0.1, 0.15) is 78.7 Å². The van der Waals surface area contributed by atoms with Crippen molar-refractivity contribution in [1.82, 2.24) is 0 Å². The van der Waals surface area contributed by atoms with Gasteiger partial charge in [-0.1, -0.05) is 30.3 Å². The number of carboxylic acid groups (broad SMARTS) is 1. The number of anilines is 2. The number of hydrogen-bond acceptors (Lipinski definition) is 9. The highest BCUT2D eigenvalue weighted by Gasteiger charge is 2.36. The fourth-order valence-corrected chi connectivity index (χ4v) is 6.82. The Bertz CT molecular complexity index is 2570. The Labute approximate surface area is 401 Å². The molecule has 71 heavy (non-hydrogen) atoms. The highest BCUT2D eigenvalue weighted by atomic mass is 19.4. The van der Waals surface area contributed by atoms with E-state index >= 15 is 8.78 Å². The molecule has 5 aromatic rings. The Morgan fingerprint density at radius 3 is 1.51 bits per heavy atom. The van der Waals surface area contributed by atoms with Crippen LogP contribution in [-0.4, -0.2) is 49.2 Å². The smallest absolute Gasteiger partial charge is 0.426 e. The van der Waals surface area contributed by atoms with Crippen molar-refractivity contribution in [3.63, 3.8) is 0 Å². The number of allylic oxidation sites excluding steroid dienone is 1. The van der Waals surface area contributed by atoms with Gasteiger partial charge in [-0.3, -0.25) is 0 Å². The van der Waals surface area contributed by atoms with Crippen molar-refractivity contribution < 1.29 is 82.3 Å². The number of carbonyl (C=O) groups is 2. The third kappa shape index (κ3) is 18.5. The molecule has 380 valence electrons. The number of ether oxygens (including phenoxy) is 5.